The summed E-state index contributed by atoms with van der Waals surface area (Å²) in [5.41, 5.74) is 1.62. The Balaban J connectivity index is 2.12. The number of benzene rings is 1. The molecule has 0 radical (unpaired) electrons. The Morgan fingerprint density at radius 2 is 1.65 bits per heavy atom. The van der Waals surface area contributed by atoms with Crippen LogP contribution in [0.3, 0.4) is 0 Å². The first-order valence-electron chi connectivity index (χ1n) is 7.67. The highest BCUT2D eigenvalue weighted by Gasteiger charge is 2.05. The van der Waals surface area contributed by atoms with Crippen LogP contribution >= 0.6 is 0 Å². The zero-order valence-electron chi connectivity index (χ0n) is 12.6. The smallest absolute Gasteiger partial charge is 0.338 e. The Labute approximate surface area is 122 Å². The lowest BCUT2D eigenvalue weighted by Gasteiger charge is -2.05. The van der Waals surface area contributed by atoms with Gasteiger partial charge in [-0.05, 0) is 24.1 Å². The van der Waals surface area contributed by atoms with Crippen LogP contribution in [0.2, 0.25) is 0 Å². The van der Waals surface area contributed by atoms with Crippen LogP contribution < -0.4 is 0 Å². The molecule has 0 saturated heterocycles. The summed E-state index contributed by atoms with van der Waals surface area (Å²) in [6.45, 7) is 6.43. The van der Waals surface area contributed by atoms with Crippen LogP contribution in [0, 0.1) is 0 Å². The van der Waals surface area contributed by atoms with Gasteiger partial charge in [0.25, 0.3) is 0 Å². The van der Waals surface area contributed by atoms with Gasteiger partial charge in [-0.3, -0.25) is 0 Å². The van der Waals surface area contributed by atoms with Crippen LogP contribution in [0.4, 0.5) is 0 Å². The molecule has 20 heavy (non-hydrogen) atoms. The SMILES string of the molecule is C=Cc1ccc(C(=O)OCCCCCCCCC)cc1. The first-order valence-corrected chi connectivity index (χ1v) is 7.67. The highest BCUT2D eigenvalue weighted by Crippen LogP contribution is 2.09. The molecule has 0 atom stereocenters. The van der Waals surface area contributed by atoms with Crippen LogP contribution in [0.1, 0.15) is 67.8 Å². The first-order chi connectivity index (χ1) is 9.77. The number of carbonyl (C=O) groups is 1. The molecule has 0 aromatic heterocycles. The van der Waals surface area contributed by atoms with Crippen molar-refractivity contribution >= 4 is 12.0 Å². The van der Waals surface area contributed by atoms with Gasteiger partial charge in [-0.2, -0.15) is 0 Å². The normalized spacial score (nSPS) is 10.2. The van der Waals surface area contributed by atoms with Crippen molar-refractivity contribution in [3.8, 4) is 0 Å². The van der Waals surface area contributed by atoms with E-state index in [9.17, 15) is 4.79 Å². The van der Waals surface area contributed by atoms with Gasteiger partial charge in [0.1, 0.15) is 0 Å². The zero-order chi connectivity index (χ0) is 14.6. The third-order valence-corrected chi connectivity index (χ3v) is 3.36. The number of unbranched alkanes of at least 4 members (excludes halogenated alkanes) is 6. The number of rotatable bonds is 10. The Bertz CT molecular complexity index is 392. The summed E-state index contributed by atoms with van der Waals surface area (Å²) < 4.78 is 5.26. The van der Waals surface area contributed by atoms with Gasteiger partial charge in [-0.25, -0.2) is 4.79 Å². The van der Waals surface area contributed by atoms with Crippen molar-refractivity contribution in [1.29, 1.82) is 0 Å². The Hall–Kier alpha value is -1.57. The second-order valence-electron chi connectivity index (χ2n) is 5.08. The predicted octanol–water partition coefficient (Wildman–Crippen LogP) is 5.24. The van der Waals surface area contributed by atoms with Crippen LogP contribution in [-0.2, 0) is 4.74 Å². The monoisotopic (exact) mass is 274 g/mol. The quantitative estimate of drug-likeness (QED) is 0.431. The van der Waals surface area contributed by atoms with E-state index in [1.807, 2.05) is 12.1 Å². The van der Waals surface area contributed by atoms with Crippen LogP contribution in [-0.4, -0.2) is 12.6 Å². The average molecular weight is 274 g/mol. The van der Waals surface area contributed by atoms with Gasteiger partial charge < -0.3 is 4.74 Å². The van der Waals surface area contributed by atoms with Crippen LogP contribution in [0.5, 0.6) is 0 Å². The van der Waals surface area contributed by atoms with Gasteiger partial charge >= 0.3 is 5.97 Å². The van der Waals surface area contributed by atoms with E-state index < -0.39 is 0 Å². The van der Waals surface area contributed by atoms with E-state index in [0.29, 0.717) is 12.2 Å². The molecule has 2 heteroatoms. The van der Waals surface area contributed by atoms with Crippen LogP contribution in [0.25, 0.3) is 6.08 Å². The van der Waals surface area contributed by atoms with Crippen molar-refractivity contribution in [2.75, 3.05) is 6.61 Å². The minimum atomic E-state index is -0.230. The standard InChI is InChI=1S/C18H26O2/c1-3-5-6-7-8-9-10-15-20-18(19)17-13-11-16(4-2)12-14-17/h4,11-14H,2-3,5-10,15H2,1H3. The molecule has 1 rings (SSSR count). The van der Waals surface area contributed by atoms with E-state index in [0.717, 1.165) is 18.4 Å². The van der Waals surface area contributed by atoms with Crippen molar-refractivity contribution < 1.29 is 9.53 Å². The molecule has 0 aliphatic carbocycles. The molecule has 0 heterocycles. The summed E-state index contributed by atoms with van der Waals surface area (Å²) >= 11 is 0. The summed E-state index contributed by atoms with van der Waals surface area (Å²) in [5, 5.41) is 0. The Morgan fingerprint density at radius 1 is 1.05 bits per heavy atom. The lowest BCUT2D eigenvalue weighted by atomic mass is 10.1. The summed E-state index contributed by atoms with van der Waals surface area (Å²) in [6, 6.07) is 7.31. The lowest BCUT2D eigenvalue weighted by molar-refractivity contribution is 0.0497. The maximum atomic E-state index is 11.8. The summed E-state index contributed by atoms with van der Waals surface area (Å²) in [6.07, 6.45) is 10.3. The Morgan fingerprint density at radius 3 is 2.25 bits per heavy atom. The third kappa shape index (κ3) is 6.55. The molecule has 0 spiro atoms. The number of esters is 1. The van der Waals surface area contributed by atoms with Crippen LogP contribution in [0.15, 0.2) is 30.8 Å². The average Bonchev–Trinajstić information content (AvgIpc) is 2.50. The third-order valence-electron chi connectivity index (χ3n) is 3.36. The topological polar surface area (TPSA) is 26.3 Å². The largest absolute Gasteiger partial charge is 0.462 e. The fraction of sp³-hybridized carbons (Fsp3) is 0.500. The van der Waals surface area contributed by atoms with E-state index in [1.165, 1.54) is 32.1 Å². The van der Waals surface area contributed by atoms with Crippen molar-refractivity contribution in [2.45, 2.75) is 51.9 Å². The minimum absolute atomic E-state index is 0.230. The minimum Gasteiger partial charge on any atom is -0.462 e. The zero-order valence-corrected chi connectivity index (χ0v) is 12.6. The fourth-order valence-electron chi connectivity index (χ4n) is 2.06. The van der Waals surface area contributed by atoms with E-state index >= 15 is 0 Å². The van der Waals surface area contributed by atoms with E-state index in [2.05, 4.69) is 13.5 Å². The van der Waals surface area contributed by atoms with Gasteiger partial charge in [-0.15, -0.1) is 0 Å². The van der Waals surface area contributed by atoms with Gasteiger partial charge in [0.05, 0.1) is 12.2 Å². The maximum Gasteiger partial charge on any atom is 0.338 e. The first kappa shape index (κ1) is 16.5. The van der Waals surface area contributed by atoms with Gasteiger partial charge in [0.15, 0.2) is 0 Å². The summed E-state index contributed by atoms with van der Waals surface area (Å²) in [7, 11) is 0. The fourth-order valence-corrected chi connectivity index (χ4v) is 2.06. The molecule has 0 aliphatic heterocycles. The lowest BCUT2D eigenvalue weighted by Crippen LogP contribution is -2.06. The number of carbonyl (C=O) groups excluding carboxylic acids is 1. The number of hydrogen-bond donors (Lipinski definition) is 0. The molecule has 0 aliphatic rings. The second-order valence-corrected chi connectivity index (χ2v) is 5.08. The molecule has 1 aromatic rings. The van der Waals surface area contributed by atoms with E-state index in [-0.39, 0.29) is 5.97 Å². The molecule has 0 saturated carbocycles. The summed E-state index contributed by atoms with van der Waals surface area (Å²) in [4.78, 5) is 11.8. The van der Waals surface area contributed by atoms with Crippen molar-refractivity contribution in [3.05, 3.63) is 42.0 Å². The molecule has 0 N–H and O–H groups in total. The van der Waals surface area contributed by atoms with Crippen molar-refractivity contribution in [1.82, 2.24) is 0 Å². The molecular formula is C18H26O2. The predicted molar refractivity (Wildman–Crippen MR) is 84.8 cm³/mol. The highest BCUT2D eigenvalue weighted by molar-refractivity contribution is 5.89. The highest BCUT2D eigenvalue weighted by atomic mass is 16.5. The molecule has 2 nitrogen and oxygen atoms in total. The molecule has 0 unspecified atom stereocenters. The van der Waals surface area contributed by atoms with E-state index in [1.54, 1.807) is 18.2 Å². The Kier molecular flexibility index (Phi) is 8.44. The number of ether oxygens (including phenoxy) is 1. The second kappa shape index (κ2) is 10.2. The van der Waals surface area contributed by atoms with Crippen molar-refractivity contribution in [2.24, 2.45) is 0 Å². The van der Waals surface area contributed by atoms with Crippen molar-refractivity contribution in [3.63, 3.8) is 0 Å². The van der Waals surface area contributed by atoms with Gasteiger partial charge in [-0.1, -0.05) is 70.2 Å². The molecule has 1 aromatic carbocycles. The van der Waals surface area contributed by atoms with E-state index in [4.69, 9.17) is 4.74 Å². The molecule has 0 bridgehead atoms. The molecular weight excluding hydrogens is 248 g/mol. The molecule has 0 fully saturated rings. The summed E-state index contributed by atoms with van der Waals surface area (Å²) in [5.74, 6) is -0.230. The maximum absolute atomic E-state index is 11.8. The molecule has 110 valence electrons. The molecule has 0 amide bonds. The van der Waals surface area contributed by atoms with Gasteiger partial charge in [0, 0.05) is 0 Å². The number of hydrogen-bond acceptors (Lipinski definition) is 2. The van der Waals surface area contributed by atoms with Gasteiger partial charge in [0.2, 0.25) is 0 Å².